The Morgan fingerprint density at radius 2 is 2.38 bits per heavy atom. The first kappa shape index (κ1) is 10.2. The molecule has 6 heteroatoms. The van der Waals surface area contributed by atoms with Crippen molar-refractivity contribution in [1.29, 1.82) is 0 Å². The van der Waals surface area contributed by atoms with E-state index < -0.39 is 0 Å². The molecule has 0 atom stereocenters. The Morgan fingerprint density at radius 1 is 1.56 bits per heavy atom. The zero-order valence-corrected chi connectivity index (χ0v) is 10.5. The van der Waals surface area contributed by atoms with Crippen LogP contribution in [0.4, 0.5) is 5.82 Å². The molecule has 4 nitrogen and oxygen atoms in total. The maximum atomic E-state index is 5.99. The number of nitrogens with zero attached hydrogens (tertiary/aromatic N) is 2. The number of hydrogen-bond donors (Lipinski definition) is 2. The summed E-state index contributed by atoms with van der Waals surface area (Å²) < 4.78 is 0.469. The topological polar surface area (TPSA) is 57.9 Å². The van der Waals surface area contributed by atoms with Gasteiger partial charge >= 0.3 is 0 Å². The molecule has 0 amide bonds. The van der Waals surface area contributed by atoms with Gasteiger partial charge in [0.1, 0.15) is 10.6 Å². The highest BCUT2D eigenvalue weighted by atomic mass is 32.1. The molecule has 0 saturated carbocycles. The highest BCUT2D eigenvalue weighted by molar-refractivity contribution is 7.71. The Hall–Kier alpha value is -0.980. The molecule has 84 valence electrons. The van der Waals surface area contributed by atoms with Crippen molar-refractivity contribution in [2.75, 3.05) is 19.3 Å². The normalized spacial score (nSPS) is 16.6. The van der Waals surface area contributed by atoms with Crippen molar-refractivity contribution in [3.8, 4) is 0 Å². The van der Waals surface area contributed by atoms with E-state index in [4.69, 9.17) is 18.0 Å². The lowest BCUT2D eigenvalue weighted by molar-refractivity contribution is 0.318. The number of anilines is 1. The molecule has 0 fully saturated rings. The van der Waals surface area contributed by atoms with Gasteiger partial charge in [0.25, 0.3) is 0 Å². The van der Waals surface area contributed by atoms with Gasteiger partial charge in [-0.1, -0.05) is 0 Å². The summed E-state index contributed by atoms with van der Waals surface area (Å²) in [4.78, 5) is 11.9. The highest BCUT2D eigenvalue weighted by Crippen LogP contribution is 2.35. The number of thiophene rings is 1. The lowest BCUT2D eigenvalue weighted by Crippen LogP contribution is -2.25. The Bertz CT molecular complexity index is 613. The van der Waals surface area contributed by atoms with Crippen LogP contribution in [0.1, 0.15) is 10.4 Å². The summed E-state index contributed by atoms with van der Waals surface area (Å²) >= 11 is 6.75. The van der Waals surface area contributed by atoms with E-state index in [0.717, 1.165) is 29.7 Å². The van der Waals surface area contributed by atoms with E-state index in [1.54, 1.807) is 11.3 Å². The average Bonchev–Trinajstić information content (AvgIpc) is 2.54. The van der Waals surface area contributed by atoms with E-state index in [0.29, 0.717) is 10.6 Å². The number of rotatable bonds is 0. The minimum absolute atomic E-state index is 0.469. The summed E-state index contributed by atoms with van der Waals surface area (Å²) in [6.07, 6.45) is 1.04. The number of aromatic nitrogens is 2. The smallest absolute Gasteiger partial charge is 0.199 e. The molecule has 1 aliphatic rings. The monoisotopic (exact) mass is 252 g/mol. The number of aromatic amines is 1. The third kappa shape index (κ3) is 1.45. The van der Waals surface area contributed by atoms with E-state index in [1.807, 2.05) is 0 Å². The van der Waals surface area contributed by atoms with Crippen molar-refractivity contribution >= 4 is 39.6 Å². The second kappa shape index (κ2) is 3.51. The van der Waals surface area contributed by atoms with Gasteiger partial charge in [-0.2, -0.15) is 0 Å². The van der Waals surface area contributed by atoms with Gasteiger partial charge in [0.15, 0.2) is 4.77 Å². The Labute approximate surface area is 102 Å². The van der Waals surface area contributed by atoms with Crippen molar-refractivity contribution < 1.29 is 0 Å². The molecule has 0 unspecified atom stereocenters. The van der Waals surface area contributed by atoms with Crippen LogP contribution >= 0.6 is 23.6 Å². The van der Waals surface area contributed by atoms with E-state index in [9.17, 15) is 0 Å². The molecule has 1 aliphatic heterocycles. The summed E-state index contributed by atoms with van der Waals surface area (Å²) in [6.45, 7) is 2.07. The Kier molecular flexibility index (Phi) is 2.24. The van der Waals surface area contributed by atoms with Crippen LogP contribution in [0.2, 0.25) is 0 Å². The molecule has 2 aromatic rings. The van der Waals surface area contributed by atoms with Crippen molar-refractivity contribution in [2.24, 2.45) is 0 Å². The van der Waals surface area contributed by atoms with Crippen LogP contribution in [0.25, 0.3) is 10.2 Å². The van der Waals surface area contributed by atoms with Crippen LogP contribution in [0.15, 0.2) is 0 Å². The lowest BCUT2D eigenvalue weighted by atomic mass is 10.1. The predicted octanol–water partition coefficient (Wildman–Crippen LogP) is 1.92. The Balaban J connectivity index is 2.33. The molecule has 0 saturated heterocycles. The third-order valence-corrected chi connectivity index (χ3v) is 4.25. The van der Waals surface area contributed by atoms with E-state index >= 15 is 0 Å². The van der Waals surface area contributed by atoms with Gasteiger partial charge < -0.3 is 15.6 Å². The van der Waals surface area contributed by atoms with Crippen LogP contribution in [0.5, 0.6) is 0 Å². The average molecular weight is 252 g/mol. The molecule has 0 aliphatic carbocycles. The number of nitrogens with two attached hydrogens (primary N) is 1. The van der Waals surface area contributed by atoms with E-state index in [1.165, 1.54) is 10.4 Å². The summed E-state index contributed by atoms with van der Waals surface area (Å²) in [7, 11) is 2.13. The summed E-state index contributed by atoms with van der Waals surface area (Å²) in [6, 6.07) is 0. The van der Waals surface area contributed by atoms with Gasteiger partial charge in [0.05, 0.1) is 5.39 Å². The largest absolute Gasteiger partial charge is 0.385 e. The van der Waals surface area contributed by atoms with Gasteiger partial charge in [0, 0.05) is 18.0 Å². The van der Waals surface area contributed by atoms with Crippen LogP contribution < -0.4 is 5.73 Å². The van der Waals surface area contributed by atoms with Crippen molar-refractivity contribution in [2.45, 2.75) is 13.0 Å². The van der Waals surface area contributed by atoms with Crippen LogP contribution in [0, 0.1) is 4.77 Å². The molecule has 0 spiro atoms. The zero-order chi connectivity index (χ0) is 11.3. The fraction of sp³-hybridized carbons (Fsp3) is 0.400. The highest BCUT2D eigenvalue weighted by Gasteiger charge is 2.20. The predicted molar refractivity (Wildman–Crippen MR) is 69.3 cm³/mol. The minimum Gasteiger partial charge on any atom is -0.385 e. The molecule has 3 rings (SSSR count). The van der Waals surface area contributed by atoms with Crippen LogP contribution in [-0.4, -0.2) is 28.5 Å². The van der Waals surface area contributed by atoms with Gasteiger partial charge in [-0.25, -0.2) is 4.98 Å². The van der Waals surface area contributed by atoms with Crippen molar-refractivity contribution in [3.63, 3.8) is 0 Å². The molecule has 0 radical (unpaired) electrons. The first-order valence-electron chi connectivity index (χ1n) is 5.14. The Morgan fingerprint density at radius 3 is 3.19 bits per heavy atom. The van der Waals surface area contributed by atoms with Crippen LogP contribution in [-0.2, 0) is 13.0 Å². The molecular weight excluding hydrogens is 240 g/mol. The number of nitrogens with one attached hydrogen (secondary N) is 1. The first-order chi connectivity index (χ1) is 7.65. The molecule has 16 heavy (non-hydrogen) atoms. The maximum Gasteiger partial charge on any atom is 0.199 e. The number of H-pyrrole nitrogens is 1. The fourth-order valence-electron chi connectivity index (χ4n) is 2.17. The molecular formula is C10H12N4S2. The van der Waals surface area contributed by atoms with Crippen molar-refractivity contribution in [1.82, 2.24) is 14.9 Å². The van der Waals surface area contributed by atoms with E-state index in [2.05, 4.69) is 21.9 Å². The van der Waals surface area contributed by atoms with Gasteiger partial charge in [-0.3, -0.25) is 0 Å². The molecule has 2 aromatic heterocycles. The van der Waals surface area contributed by atoms with Gasteiger partial charge in [-0.15, -0.1) is 11.3 Å². The minimum atomic E-state index is 0.469. The number of hydrogen-bond acceptors (Lipinski definition) is 5. The summed E-state index contributed by atoms with van der Waals surface area (Å²) in [5.41, 5.74) is 7.35. The van der Waals surface area contributed by atoms with Crippen molar-refractivity contribution in [3.05, 3.63) is 15.2 Å². The number of fused-ring (bicyclic) bond motifs is 3. The molecule has 3 N–H and O–H groups in total. The van der Waals surface area contributed by atoms with Gasteiger partial charge in [-0.05, 0) is 31.2 Å². The zero-order valence-electron chi connectivity index (χ0n) is 8.91. The lowest BCUT2D eigenvalue weighted by Gasteiger charge is -2.22. The summed E-state index contributed by atoms with van der Waals surface area (Å²) in [5.74, 6) is 0.664. The number of nitrogen functional groups attached to an aromatic ring is 1. The standard InChI is InChI=1S/C10H12N4S2/c1-14-3-2-5-6(4-14)16-9-7(5)8(11)12-10(15)13-9/h2-4H2,1H3,(H3,11,12,13,15). The third-order valence-electron chi connectivity index (χ3n) is 2.94. The maximum absolute atomic E-state index is 5.99. The summed E-state index contributed by atoms with van der Waals surface area (Å²) in [5, 5.41) is 1.08. The second-order valence-corrected chi connectivity index (χ2v) is 5.60. The van der Waals surface area contributed by atoms with Crippen LogP contribution in [0.3, 0.4) is 0 Å². The SMILES string of the molecule is CN1CCc2c(sc3nc(=S)[nH]c(N)c23)C1. The quantitative estimate of drug-likeness (QED) is 0.703. The molecule has 0 aromatic carbocycles. The van der Waals surface area contributed by atoms with Gasteiger partial charge in [0.2, 0.25) is 0 Å². The fourth-order valence-corrected chi connectivity index (χ4v) is 3.75. The van der Waals surface area contributed by atoms with E-state index in [-0.39, 0.29) is 0 Å². The molecule has 0 bridgehead atoms. The second-order valence-electron chi connectivity index (χ2n) is 4.13. The first-order valence-corrected chi connectivity index (χ1v) is 6.36. The number of likely N-dealkylation sites (N-methyl/N-ethyl adjacent to an activating group) is 1. The molecule has 3 heterocycles.